The maximum absolute atomic E-state index is 14.3. The zero-order valence-electron chi connectivity index (χ0n) is 12.3. The summed E-state index contributed by atoms with van der Waals surface area (Å²) in [5, 5.41) is 2.08. The highest BCUT2D eigenvalue weighted by Gasteiger charge is 2.24. The topological polar surface area (TPSA) is 12.4 Å². The number of nitrogens with zero attached hydrogens (tertiary/aromatic N) is 1. The molecule has 1 nitrogen and oxygen atoms in total. The molecule has 114 valence electrons. The van der Waals surface area contributed by atoms with Crippen LogP contribution in [-0.2, 0) is 0 Å². The SMILES string of the molecule is Fc1ccccc1[C@@H]1CC(c2cccs2)=Nc2ccccc2S1. The van der Waals surface area contributed by atoms with Gasteiger partial charge in [-0.05, 0) is 29.6 Å². The summed E-state index contributed by atoms with van der Waals surface area (Å²) in [4.78, 5) is 7.13. The standard InChI is InChI=1S/C19H14FNS2/c20-14-7-2-1-6-13(14)19-12-16(17-10-5-11-22-17)21-15-8-3-4-9-18(15)23-19/h1-11,19H,12H2/t19-/m0/s1. The van der Waals surface area contributed by atoms with E-state index in [0.717, 1.165) is 33.2 Å². The number of thioether (sulfide) groups is 1. The molecule has 4 heteroatoms. The fraction of sp³-hybridized carbons (Fsp3) is 0.105. The van der Waals surface area contributed by atoms with Crippen molar-refractivity contribution in [1.82, 2.24) is 0 Å². The quantitative estimate of drug-likeness (QED) is 0.538. The smallest absolute Gasteiger partial charge is 0.127 e. The van der Waals surface area contributed by atoms with Gasteiger partial charge < -0.3 is 0 Å². The molecular weight excluding hydrogens is 325 g/mol. The molecule has 0 aliphatic carbocycles. The number of para-hydroxylation sites is 1. The van der Waals surface area contributed by atoms with E-state index < -0.39 is 0 Å². The van der Waals surface area contributed by atoms with Gasteiger partial charge in [-0.2, -0.15) is 0 Å². The van der Waals surface area contributed by atoms with Gasteiger partial charge in [-0.3, -0.25) is 4.99 Å². The average molecular weight is 339 g/mol. The second kappa shape index (κ2) is 6.30. The van der Waals surface area contributed by atoms with Gasteiger partial charge in [0.25, 0.3) is 0 Å². The number of thiophene rings is 1. The lowest BCUT2D eigenvalue weighted by Crippen LogP contribution is -2.05. The Bertz CT molecular complexity index is 855. The Morgan fingerprint density at radius 3 is 2.61 bits per heavy atom. The Balaban J connectivity index is 1.82. The first-order valence-corrected chi connectivity index (χ1v) is 9.19. The number of hydrogen-bond donors (Lipinski definition) is 0. The van der Waals surface area contributed by atoms with Crippen molar-refractivity contribution in [3.05, 3.63) is 82.3 Å². The zero-order valence-corrected chi connectivity index (χ0v) is 13.9. The van der Waals surface area contributed by atoms with E-state index in [9.17, 15) is 4.39 Å². The first-order chi connectivity index (χ1) is 11.3. The van der Waals surface area contributed by atoms with Crippen molar-refractivity contribution in [3.8, 4) is 0 Å². The molecule has 0 saturated heterocycles. The van der Waals surface area contributed by atoms with Crippen LogP contribution in [0.4, 0.5) is 10.1 Å². The molecule has 1 aliphatic rings. The molecule has 1 aromatic heterocycles. The number of aliphatic imine (C=N–C) groups is 1. The summed E-state index contributed by atoms with van der Waals surface area (Å²) in [5.41, 5.74) is 2.75. The molecule has 1 atom stereocenters. The molecule has 1 aliphatic heterocycles. The molecule has 0 amide bonds. The molecule has 4 rings (SSSR count). The van der Waals surface area contributed by atoms with E-state index in [1.165, 1.54) is 6.07 Å². The summed E-state index contributed by atoms with van der Waals surface area (Å²) >= 11 is 3.38. The number of benzene rings is 2. The van der Waals surface area contributed by atoms with Crippen LogP contribution in [0, 0.1) is 5.82 Å². The third kappa shape index (κ3) is 2.96. The molecule has 23 heavy (non-hydrogen) atoms. The third-order valence-corrected chi connectivity index (χ3v) is 6.05. The molecule has 0 N–H and O–H groups in total. The number of hydrogen-bond acceptors (Lipinski definition) is 3. The van der Waals surface area contributed by atoms with E-state index in [2.05, 4.69) is 17.5 Å². The minimum Gasteiger partial charge on any atom is -0.251 e. The van der Waals surface area contributed by atoms with Gasteiger partial charge in [-0.1, -0.05) is 36.4 Å². The average Bonchev–Trinajstić information content (AvgIpc) is 3.03. The van der Waals surface area contributed by atoms with Gasteiger partial charge in [0.15, 0.2) is 0 Å². The van der Waals surface area contributed by atoms with E-state index in [0.29, 0.717) is 0 Å². The summed E-state index contributed by atoms with van der Waals surface area (Å²) in [6.45, 7) is 0. The van der Waals surface area contributed by atoms with Crippen LogP contribution in [0.1, 0.15) is 22.1 Å². The highest BCUT2D eigenvalue weighted by molar-refractivity contribution is 7.99. The van der Waals surface area contributed by atoms with Crippen molar-refractivity contribution in [2.45, 2.75) is 16.6 Å². The lowest BCUT2D eigenvalue weighted by molar-refractivity contribution is 0.609. The number of fused-ring (bicyclic) bond motifs is 1. The summed E-state index contributed by atoms with van der Waals surface area (Å²) in [7, 11) is 0. The molecule has 2 heterocycles. The maximum Gasteiger partial charge on any atom is 0.127 e. The molecule has 0 spiro atoms. The predicted octanol–water partition coefficient (Wildman–Crippen LogP) is 6.25. The van der Waals surface area contributed by atoms with Gasteiger partial charge >= 0.3 is 0 Å². The van der Waals surface area contributed by atoms with Gasteiger partial charge in [0.1, 0.15) is 5.82 Å². The van der Waals surface area contributed by atoms with Crippen LogP contribution >= 0.6 is 23.1 Å². The first-order valence-electron chi connectivity index (χ1n) is 7.43. The molecule has 0 bridgehead atoms. The highest BCUT2D eigenvalue weighted by Crippen LogP contribution is 2.46. The van der Waals surface area contributed by atoms with Crippen molar-refractivity contribution in [1.29, 1.82) is 0 Å². The molecule has 0 radical (unpaired) electrons. The van der Waals surface area contributed by atoms with Gasteiger partial charge in [0.2, 0.25) is 0 Å². The van der Waals surface area contributed by atoms with Crippen molar-refractivity contribution >= 4 is 34.5 Å². The molecule has 0 unspecified atom stereocenters. The van der Waals surface area contributed by atoms with Gasteiger partial charge in [0.05, 0.1) is 11.4 Å². The van der Waals surface area contributed by atoms with Gasteiger partial charge in [-0.15, -0.1) is 23.1 Å². The largest absolute Gasteiger partial charge is 0.251 e. The first kappa shape index (κ1) is 14.7. The van der Waals surface area contributed by atoms with Crippen LogP contribution in [0.5, 0.6) is 0 Å². The summed E-state index contributed by atoms with van der Waals surface area (Å²) in [6.07, 6.45) is 0.723. The van der Waals surface area contributed by atoms with Crippen LogP contribution in [0.2, 0.25) is 0 Å². The van der Waals surface area contributed by atoms with Crippen LogP contribution in [0.3, 0.4) is 0 Å². The molecule has 0 fully saturated rings. The van der Waals surface area contributed by atoms with Crippen molar-refractivity contribution in [3.63, 3.8) is 0 Å². The van der Waals surface area contributed by atoms with Crippen LogP contribution < -0.4 is 0 Å². The Hall–Kier alpha value is -1.91. The van der Waals surface area contributed by atoms with Crippen molar-refractivity contribution in [2.24, 2.45) is 4.99 Å². The highest BCUT2D eigenvalue weighted by atomic mass is 32.2. The fourth-order valence-corrected chi connectivity index (χ4v) is 4.70. The fourth-order valence-electron chi connectivity index (χ4n) is 2.72. The van der Waals surface area contributed by atoms with E-state index in [1.807, 2.05) is 36.4 Å². The summed E-state index contributed by atoms with van der Waals surface area (Å²) in [5.74, 6) is -0.144. The van der Waals surface area contributed by atoms with E-state index in [4.69, 9.17) is 4.99 Å². The Kier molecular flexibility index (Phi) is 4.02. The van der Waals surface area contributed by atoms with Gasteiger partial charge in [0, 0.05) is 27.0 Å². The minimum absolute atomic E-state index is 0.0284. The van der Waals surface area contributed by atoms with E-state index >= 15 is 0 Å². The van der Waals surface area contributed by atoms with Crippen LogP contribution in [-0.4, -0.2) is 5.71 Å². The minimum atomic E-state index is -0.144. The van der Waals surface area contributed by atoms with Crippen LogP contribution in [0.15, 0.2) is 75.9 Å². The lowest BCUT2D eigenvalue weighted by Gasteiger charge is -2.16. The number of rotatable bonds is 2. The molecule has 2 aromatic carbocycles. The molecular formula is C19H14FNS2. The van der Waals surface area contributed by atoms with E-state index in [1.54, 1.807) is 29.2 Å². The lowest BCUT2D eigenvalue weighted by atomic mass is 10.0. The van der Waals surface area contributed by atoms with Crippen molar-refractivity contribution in [2.75, 3.05) is 0 Å². The maximum atomic E-state index is 14.3. The van der Waals surface area contributed by atoms with E-state index in [-0.39, 0.29) is 11.1 Å². The summed E-state index contributed by atoms with van der Waals surface area (Å²) < 4.78 is 14.3. The number of halogens is 1. The normalized spacial score (nSPS) is 17.3. The second-order valence-corrected chi connectivity index (χ2v) is 7.53. The summed E-state index contributed by atoms with van der Waals surface area (Å²) in [6, 6.07) is 19.3. The second-order valence-electron chi connectivity index (χ2n) is 5.34. The third-order valence-electron chi connectivity index (χ3n) is 3.83. The van der Waals surface area contributed by atoms with Crippen molar-refractivity contribution < 1.29 is 4.39 Å². The zero-order chi connectivity index (χ0) is 15.6. The Morgan fingerprint density at radius 1 is 0.957 bits per heavy atom. The van der Waals surface area contributed by atoms with Crippen LogP contribution in [0.25, 0.3) is 0 Å². The van der Waals surface area contributed by atoms with Gasteiger partial charge in [-0.25, -0.2) is 4.39 Å². The monoisotopic (exact) mass is 339 g/mol. The Labute approximate surface area is 142 Å². The predicted molar refractivity (Wildman–Crippen MR) is 96.6 cm³/mol. The molecule has 3 aromatic rings. The molecule has 0 saturated carbocycles. The Morgan fingerprint density at radius 2 is 1.78 bits per heavy atom.